The molecule has 3 heteroatoms. The highest BCUT2D eigenvalue weighted by atomic mass is 16.5. The van der Waals surface area contributed by atoms with Crippen molar-refractivity contribution < 1.29 is 4.74 Å². The fourth-order valence-corrected chi connectivity index (χ4v) is 3.66. The lowest BCUT2D eigenvalue weighted by atomic mass is 9.85. The van der Waals surface area contributed by atoms with Crippen molar-refractivity contribution in [2.75, 3.05) is 18.5 Å². The second kappa shape index (κ2) is 6.69. The Morgan fingerprint density at radius 3 is 3.05 bits per heavy atom. The fourth-order valence-electron chi connectivity index (χ4n) is 3.66. The Bertz CT molecular complexity index is 474. The topological polar surface area (TPSA) is 33.3 Å². The molecule has 0 spiro atoms. The Balaban J connectivity index is 1.58. The van der Waals surface area contributed by atoms with Gasteiger partial charge in [0, 0.05) is 18.6 Å². The molecule has 1 saturated carbocycles. The van der Waals surface area contributed by atoms with Gasteiger partial charge in [0.05, 0.1) is 5.69 Å². The average molecular weight is 288 g/mol. The summed E-state index contributed by atoms with van der Waals surface area (Å²) in [7, 11) is 0. The van der Waals surface area contributed by atoms with E-state index in [1.165, 1.54) is 31.2 Å². The van der Waals surface area contributed by atoms with Crippen LogP contribution in [0, 0.1) is 5.92 Å². The highest BCUT2D eigenvalue weighted by Crippen LogP contribution is 2.29. The first-order valence-electron chi connectivity index (χ1n) is 8.48. The monoisotopic (exact) mass is 288 g/mol. The second-order valence-electron chi connectivity index (χ2n) is 6.75. The maximum atomic E-state index is 5.64. The van der Waals surface area contributed by atoms with Crippen LogP contribution in [0.1, 0.15) is 45.1 Å². The molecule has 3 rings (SSSR count). The van der Waals surface area contributed by atoms with Crippen molar-refractivity contribution in [3.05, 3.63) is 23.8 Å². The minimum absolute atomic E-state index is 0.526. The first-order valence-corrected chi connectivity index (χ1v) is 8.48. The van der Waals surface area contributed by atoms with Gasteiger partial charge in [-0.2, -0.15) is 0 Å². The van der Waals surface area contributed by atoms with Crippen LogP contribution in [0.3, 0.4) is 0 Å². The molecule has 3 nitrogen and oxygen atoms in total. The van der Waals surface area contributed by atoms with E-state index >= 15 is 0 Å². The third-order valence-corrected chi connectivity index (χ3v) is 4.87. The largest absolute Gasteiger partial charge is 0.490 e. The van der Waals surface area contributed by atoms with Gasteiger partial charge in [-0.05, 0) is 49.8 Å². The van der Waals surface area contributed by atoms with Crippen LogP contribution in [-0.4, -0.2) is 25.2 Å². The van der Waals surface area contributed by atoms with Gasteiger partial charge in [0.25, 0.3) is 0 Å². The average Bonchev–Trinajstić information content (AvgIpc) is 2.49. The van der Waals surface area contributed by atoms with E-state index in [9.17, 15) is 0 Å². The minimum atomic E-state index is 0.526. The number of benzene rings is 1. The zero-order valence-electron chi connectivity index (χ0n) is 13.3. The van der Waals surface area contributed by atoms with Crippen LogP contribution < -0.4 is 15.4 Å². The highest BCUT2D eigenvalue weighted by molar-refractivity contribution is 5.59. The Labute approximate surface area is 128 Å². The van der Waals surface area contributed by atoms with Crippen molar-refractivity contribution in [3.8, 4) is 5.75 Å². The first-order chi connectivity index (χ1) is 10.2. The van der Waals surface area contributed by atoms with Gasteiger partial charge in [-0.25, -0.2) is 0 Å². The van der Waals surface area contributed by atoms with Crippen molar-refractivity contribution in [3.63, 3.8) is 0 Å². The molecule has 1 aromatic carbocycles. The van der Waals surface area contributed by atoms with Gasteiger partial charge in [0.2, 0.25) is 0 Å². The van der Waals surface area contributed by atoms with E-state index in [1.54, 1.807) is 0 Å². The van der Waals surface area contributed by atoms with E-state index in [0.29, 0.717) is 12.1 Å². The SMILES string of the molecule is CC(Cc1ccc2c(c1)NCCO2)NC1CCCCC1C. The zero-order chi connectivity index (χ0) is 14.7. The molecule has 0 amide bonds. The van der Waals surface area contributed by atoms with Crippen molar-refractivity contribution in [2.45, 2.75) is 58.0 Å². The summed E-state index contributed by atoms with van der Waals surface area (Å²) < 4.78 is 5.64. The number of anilines is 1. The van der Waals surface area contributed by atoms with Gasteiger partial charge in [-0.15, -0.1) is 0 Å². The lowest BCUT2D eigenvalue weighted by Crippen LogP contribution is -2.43. The molecular formula is C18H28N2O. The van der Waals surface area contributed by atoms with Crippen LogP contribution in [-0.2, 0) is 6.42 Å². The molecule has 2 aliphatic rings. The molecular weight excluding hydrogens is 260 g/mol. The lowest BCUT2D eigenvalue weighted by Gasteiger charge is -2.32. The third-order valence-electron chi connectivity index (χ3n) is 4.87. The summed E-state index contributed by atoms with van der Waals surface area (Å²) in [5.74, 6) is 1.81. The van der Waals surface area contributed by atoms with Crippen LogP contribution in [0.5, 0.6) is 5.75 Å². The number of ether oxygens (including phenoxy) is 1. The van der Waals surface area contributed by atoms with Crippen molar-refractivity contribution in [1.29, 1.82) is 0 Å². The Hall–Kier alpha value is -1.22. The van der Waals surface area contributed by atoms with Crippen LogP contribution in [0.4, 0.5) is 5.69 Å². The van der Waals surface area contributed by atoms with Gasteiger partial charge in [-0.3, -0.25) is 0 Å². The first kappa shape index (κ1) is 14.7. The maximum Gasteiger partial charge on any atom is 0.142 e. The van der Waals surface area contributed by atoms with Gasteiger partial charge >= 0.3 is 0 Å². The molecule has 3 atom stereocenters. The van der Waals surface area contributed by atoms with Crippen molar-refractivity contribution in [2.24, 2.45) is 5.92 Å². The number of nitrogens with one attached hydrogen (secondary N) is 2. The molecule has 1 aromatic rings. The van der Waals surface area contributed by atoms with Crippen LogP contribution in [0.25, 0.3) is 0 Å². The van der Waals surface area contributed by atoms with Crippen LogP contribution in [0.2, 0.25) is 0 Å². The Morgan fingerprint density at radius 2 is 2.19 bits per heavy atom. The molecule has 1 aliphatic heterocycles. The van der Waals surface area contributed by atoms with Crippen LogP contribution >= 0.6 is 0 Å². The molecule has 0 saturated heterocycles. The maximum absolute atomic E-state index is 5.64. The number of hydrogen-bond donors (Lipinski definition) is 2. The van der Waals surface area contributed by atoms with E-state index in [2.05, 4.69) is 42.7 Å². The third kappa shape index (κ3) is 3.70. The predicted molar refractivity (Wildman–Crippen MR) is 88.1 cm³/mol. The summed E-state index contributed by atoms with van der Waals surface area (Å²) in [6, 6.07) is 7.78. The molecule has 2 N–H and O–H groups in total. The minimum Gasteiger partial charge on any atom is -0.490 e. The summed E-state index contributed by atoms with van der Waals surface area (Å²) >= 11 is 0. The lowest BCUT2D eigenvalue weighted by molar-refractivity contribution is 0.262. The van der Waals surface area contributed by atoms with E-state index in [0.717, 1.165) is 36.9 Å². The molecule has 116 valence electrons. The zero-order valence-corrected chi connectivity index (χ0v) is 13.3. The van der Waals surface area contributed by atoms with E-state index in [4.69, 9.17) is 4.74 Å². The normalized spacial score (nSPS) is 26.4. The fraction of sp³-hybridized carbons (Fsp3) is 0.667. The summed E-state index contributed by atoms with van der Waals surface area (Å²) in [5, 5.41) is 7.26. The quantitative estimate of drug-likeness (QED) is 0.888. The van der Waals surface area contributed by atoms with Crippen LogP contribution in [0.15, 0.2) is 18.2 Å². The number of hydrogen-bond acceptors (Lipinski definition) is 3. The van der Waals surface area contributed by atoms with Gasteiger partial charge < -0.3 is 15.4 Å². The molecule has 1 fully saturated rings. The summed E-state index contributed by atoms with van der Waals surface area (Å²) in [5.41, 5.74) is 2.53. The molecule has 0 bridgehead atoms. The Morgan fingerprint density at radius 1 is 1.33 bits per heavy atom. The molecule has 0 radical (unpaired) electrons. The van der Waals surface area contributed by atoms with E-state index < -0.39 is 0 Å². The highest BCUT2D eigenvalue weighted by Gasteiger charge is 2.22. The molecule has 1 aliphatic carbocycles. The van der Waals surface area contributed by atoms with E-state index in [-0.39, 0.29) is 0 Å². The molecule has 21 heavy (non-hydrogen) atoms. The Kier molecular flexibility index (Phi) is 4.69. The van der Waals surface area contributed by atoms with E-state index in [1.807, 2.05) is 0 Å². The molecule has 1 heterocycles. The van der Waals surface area contributed by atoms with Crippen molar-refractivity contribution in [1.82, 2.24) is 5.32 Å². The predicted octanol–water partition coefficient (Wildman–Crippen LogP) is 3.59. The number of fused-ring (bicyclic) bond motifs is 1. The van der Waals surface area contributed by atoms with Crippen molar-refractivity contribution >= 4 is 5.69 Å². The standard InChI is InChI=1S/C18H28N2O/c1-13-5-3-4-6-16(13)20-14(2)11-15-7-8-18-17(12-15)19-9-10-21-18/h7-8,12-14,16,19-20H,3-6,9-11H2,1-2H3. The molecule has 3 unspecified atom stereocenters. The summed E-state index contributed by atoms with van der Waals surface area (Å²) in [6.45, 7) is 6.38. The second-order valence-corrected chi connectivity index (χ2v) is 6.75. The smallest absolute Gasteiger partial charge is 0.142 e. The summed E-state index contributed by atoms with van der Waals surface area (Å²) in [6.07, 6.45) is 6.59. The molecule has 0 aromatic heterocycles. The van der Waals surface area contributed by atoms with Gasteiger partial charge in [0.15, 0.2) is 0 Å². The van der Waals surface area contributed by atoms with Gasteiger partial charge in [0.1, 0.15) is 12.4 Å². The van der Waals surface area contributed by atoms with Gasteiger partial charge in [-0.1, -0.05) is 25.8 Å². The number of rotatable bonds is 4. The summed E-state index contributed by atoms with van der Waals surface area (Å²) in [4.78, 5) is 0.